The number of hydrogen-bond acceptors (Lipinski definition) is 7. The average molecular weight is 340 g/mol. The highest BCUT2D eigenvalue weighted by Crippen LogP contribution is 2.26. The summed E-state index contributed by atoms with van der Waals surface area (Å²) < 4.78 is 1.25. The molecule has 3 aromatic rings. The Morgan fingerprint density at radius 1 is 1.08 bits per heavy atom. The van der Waals surface area contributed by atoms with Crippen LogP contribution in [0.2, 0.25) is 0 Å². The molecule has 6 nitrogen and oxygen atoms in total. The third kappa shape index (κ3) is 2.92. The summed E-state index contributed by atoms with van der Waals surface area (Å²) in [5, 5.41) is 0. The van der Waals surface area contributed by atoms with Crippen LogP contribution < -0.4 is 10.6 Å². The minimum absolute atomic E-state index is 0.380. The first-order chi connectivity index (χ1) is 11.7. The Bertz CT molecular complexity index is 822. The predicted molar refractivity (Wildman–Crippen MR) is 98.3 cm³/mol. The molecule has 0 amide bonds. The minimum Gasteiger partial charge on any atom is -0.396 e. The van der Waals surface area contributed by atoms with Gasteiger partial charge in [-0.1, -0.05) is 6.07 Å². The monoisotopic (exact) mass is 340 g/mol. The van der Waals surface area contributed by atoms with Crippen molar-refractivity contribution in [1.82, 2.24) is 19.9 Å². The van der Waals surface area contributed by atoms with E-state index < -0.39 is 0 Å². The first-order valence-electron chi connectivity index (χ1n) is 8.10. The molecule has 0 saturated carbocycles. The van der Waals surface area contributed by atoms with E-state index in [2.05, 4.69) is 49.9 Å². The van der Waals surface area contributed by atoms with Gasteiger partial charge < -0.3 is 10.6 Å². The van der Waals surface area contributed by atoms with E-state index in [0.29, 0.717) is 11.7 Å². The number of fused-ring (bicyclic) bond motifs is 1. The van der Waals surface area contributed by atoms with Crippen LogP contribution in [0.3, 0.4) is 0 Å². The fourth-order valence-corrected chi connectivity index (χ4v) is 3.81. The predicted octanol–water partition coefficient (Wildman–Crippen LogP) is 2.55. The number of nitrogens with two attached hydrogens (primary N) is 1. The zero-order valence-corrected chi connectivity index (χ0v) is 14.4. The summed E-state index contributed by atoms with van der Waals surface area (Å²) in [6, 6.07) is 7.00. The maximum atomic E-state index is 5.66. The van der Waals surface area contributed by atoms with Gasteiger partial charge in [0.2, 0.25) is 5.95 Å². The summed E-state index contributed by atoms with van der Waals surface area (Å²) in [5.74, 6) is 0.764. The van der Waals surface area contributed by atoms with Gasteiger partial charge in [0, 0.05) is 32.2 Å². The Morgan fingerprint density at radius 2 is 1.83 bits per heavy atom. The quantitative estimate of drug-likeness (QED) is 0.790. The number of aromatic nitrogens is 3. The van der Waals surface area contributed by atoms with E-state index in [1.807, 2.05) is 5.51 Å². The van der Waals surface area contributed by atoms with E-state index in [0.717, 1.165) is 37.6 Å². The van der Waals surface area contributed by atoms with E-state index in [4.69, 9.17) is 5.73 Å². The molecule has 7 heteroatoms. The third-order valence-corrected chi connectivity index (χ3v) is 5.45. The molecule has 0 aliphatic carbocycles. The fourth-order valence-electron chi connectivity index (χ4n) is 3.15. The second-order valence-electron chi connectivity index (χ2n) is 6.09. The van der Waals surface area contributed by atoms with Crippen molar-refractivity contribution in [2.75, 3.05) is 36.8 Å². The van der Waals surface area contributed by atoms with E-state index in [-0.39, 0.29) is 0 Å². The second kappa shape index (κ2) is 6.33. The molecule has 24 heavy (non-hydrogen) atoms. The largest absolute Gasteiger partial charge is 0.396 e. The molecule has 2 N–H and O–H groups in total. The Balaban J connectivity index is 1.43. The maximum Gasteiger partial charge on any atom is 0.225 e. The van der Waals surface area contributed by atoms with Gasteiger partial charge >= 0.3 is 0 Å². The lowest BCUT2D eigenvalue weighted by Gasteiger charge is -2.38. The number of hydrogen-bond donors (Lipinski definition) is 1. The molecule has 0 spiro atoms. The van der Waals surface area contributed by atoms with Crippen LogP contribution in [0.25, 0.3) is 10.2 Å². The van der Waals surface area contributed by atoms with Gasteiger partial charge in [0.1, 0.15) is 0 Å². The molecule has 1 aromatic carbocycles. The normalized spacial score (nSPS) is 17.3. The van der Waals surface area contributed by atoms with Crippen LogP contribution in [0.5, 0.6) is 0 Å². The Kier molecular flexibility index (Phi) is 4.03. The Hall–Kier alpha value is -2.25. The number of benzene rings is 1. The number of piperazine rings is 1. The van der Waals surface area contributed by atoms with Gasteiger partial charge in [0.05, 0.1) is 33.8 Å². The zero-order valence-electron chi connectivity index (χ0n) is 13.6. The fraction of sp³-hybridized carbons (Fsp3) is 0.353. The number of nitrogens with zero attached hydrogens (tertiary/aromatic N) is 5. The van der Waals surface area contributed by atoms with Crippen molar-refractivity contribution in [2.45, 2.75) is 13.0 Å². The molecule has 3 heterocycles. The molecular formula is C17H20N6S. The molecule has 1 atom stereocenters. The van der Waals surface area contributed by atoms with Crippen LogP contribution >= 0.6 is 11.3 Å². The lowest BCUT2D eigenvalue weighted by molar-refractivity contribution is 0.198. The lowest BCUT2D eigenvalue weighted by atomic mass is 10.1. The van der Waals surface area contributed by atoms with Crippen molar-refractivity contribution in [3.05, 3.63) is 41.7 Å². The molecule has 1 fully saturated rings. The summed E-state index contributed by atoms with van der Waals surface area (Å²) in [4.78, 5) is 17.8. The topological polar surface area (TPSA) is 71.2 Å². The number of thiazole rings is 1. The molecule has 0 bridgehead atoms. The van der Waals surface area contributed by atoms with Crippen LogP contribution in [0.1, 0.15) is 18.5 Å². The van der Waals surface area contributed by atoms with Gasteiger partial charge in [0.25, 0.3) is 0 Å². The van der Waals surface area contributed by atoms with E-state index >= 15 is 0 Å². The van der Waals surface area contributed by atoms with Crippen molar-refractivity contribution < 1.29 is 0 Å². The van der Waals surface area contributed by atoms with E-state index in [1.165, 1.54) is 10.3 Å². The maximum absolute atomic E-state index is 5.66. The first kappa shape index (κ1) is 15.3. The van der Waals surface area contributed by atoms with E-state index in [1.54, 1.807) is 23.7 Å². The molecule has 1 aliphatic rings. The van der Waals surface area contributed by atoms with E-state index in [9.17, 15) is 0 Å². The molecule has 124 valence electrons. The van der Waals surface area contributed by atoms with Crippen molar-refractivity contribution in [3.63, 3.8) is 0 Å². The summed E-state index contributed by atoms with van der Waals surface area (Å²) in [6.45, 7) is 6.09. The molecule has 1 saturated heterocycles. The van der Waals surface area contributed by atoms with Crippen LogP contribution in [0.15, 0.2) is 36.1 Å². The molecule has 1 aliphatic heterocycles. The number of anilines is 2. The van der Waals surface area contributed by atoms with Crippen molar-refractivity contribution >= 4 is 33.2 Å². The zero-order chi connectivity index (χ0) is 16.5. The van der Waals surface area contributed by atoms with Crippen LogP contribution in [0, 0.1) is 0 Å². The highest BCUT2D eigenvalue weighted by atomic mass is 32.1. The SMILES string of the molecule is C[C@H](c1ccc2scnc2c1)N1CCN(c2ncc(N)cn2)CC1. The van der Waals surface area contributed by atoms with Crippen molar-refractivity contribution in [1.29, 1.82) is 0 Å². The number of nitrogen functional groups attached to an aromatic ring is 1. The van der Waals surface area contributed by atoms with Crippen LogP contribution in [0.4, 0.5) is 11.6 Å². The van der Waals surface area contributed by atoms with Crippen LogP contribution in [-0.4, -0.2) is 46.0 Å². The van der Waals surface area contributed by atoms with Crippen molar-refractivity contribution in [2.24, 2.45) is 0 Å². The van der Waals surface area contributed by atoms with Crippen molar-refractivity contribution in [3.8, 4) is 0 Å². The van der Waals surface area contributed by atoms with Gasteiger partial charge in [-0.3, -0.25) is 4.90 Å². The average Bonchev–Trinajstić information content (AvgIpc) is 3.09. The summed E-state index contributed by atoms with van der Waals surface area (Å²) in [6.07, 6.45) is 3.33. The lowest BCUT2D eigenvalue weighted by Crippen LogP contribution is -2.47. The Morgan fingerprint density at radius 3 is 2.58 bits per heavy atom. The summed E-state index contributed by atoms with van der Waals surface area (Å²) in [7, 11) is 0. The smallest absolute Gasteiger partial charge is 0.225 e. The summed E-state index contributed by atoms with van der Waals surface area (Å²) >= 11 is 1.69. The van der Waals surface area contributed by atoms with Gasteiger partial charge in [-0.2, -0.15) is 0 Å². The third-order valence-electron chi connectivity index (χ3n) is 4.64. The minimum atomic E-state index is 0.380. The highest BCUT2D eigenvalue weighted by molar-refractivity contribution is 7.16. The standard InChI is InChI=1S/C17H20N6S/c1-12(13-2-3-16-15(8-13)21-11-24-16)22-4-6-23(7-5-22)17-19-9-14(18)10-20-17/h2-3,8-12H,4-7,18H2,1H3/t12-/m1/s1. The summed E-state index contributed by atoms with van der Waals surface area (Å²) in [5.41, 5.74) is 10.6. The van der Waals surface area contributed by atoms with Crippen LogP contribution in [-0.2, 0) is 0 Å². The van der Waals surface area contributed by atoms with Gasteiger partial charge in [-0.25, -0.2) is 15.0 Å². The molecule has 4 rings (SSSR count). The van der Waals surface area contributed by atoms with Gasteiger partial charge in [-0.15, -0.1) is 11.3 Å². The first-order valence-corrected chi connectivity index (χ1v) is 8.98. The molecule has 0 unspecified atom stereocenters. The molecule has 0 radical (unpaired) electrons. The highest BCUT2D eigenvalue weighted by Gasteiger charge is 2.23. The number of rotatable bonds is 3. The Labute approximate surface area is 145 Å². The van der Waals surface area contributed by atoms with Gasteiger partial charge in [-0.05, 0) is 24.6 Å². The second-order valence-corrected chi connectivity index (χ2v) is 6.98. The molecule has 2 aromatic heterocycles. The molecular weight excluding hydrogens is 320 g/mol. The van der Waals surface area contributed by atoms with Gasteiger partial charge in [0.15, 0.2) is 0 Å².